The fourth-order valence-electron chi connectivity index (χ4n) is 0.634. The maximum Gasteiger partial charge on any atom is -0.0348 e. The lowest BCUT2D eigenvalue weighted by atomic mass is 10.3. The van der Waals surface area contributed by atoms with E-state index in [4.69, 9.17) is 0 Å². The van der Waals surface area contributed by atoms with Crippen LogP contribution in [0.5, 0.6) is 0 Å². The van der Waals surface area contributed by atoms with Crippen molar-refractivity contribution in [3.63, 3.8) is 0 Å². The molecule has 0 rings (SSSR count). The van der Waals surface area contributed by atoms with E-state index in [-0.39, 0.29) is 0 Å². The summed E-state index contributed by atoms with van der Waals surface area (Å²) in [5.41, 5.74) is 0. The van der Waals surface area contributed by atoms with Crippen molar-refractivity contribution in [2.24, 2.45) is 0 Å². The molecule has 0 bridgehead atoms. The van der Waals surface area contributed by atoms with Gasteiger partial charge in [0, 0.05) is 0 Å². The molecule has 0 spiro atoms. The summed E-state index contributed by atoms with van der Waals surface area (Å²) in [7, 11) is 0. The second kappa shape index (κ2) is 8.48. The van der Waals surface area contributed by atoms with Crippen LogP contribution in [0.25, 0.3) is 0 Å². The number of rotatable bonds is 5. The summed E-state index contributed by atoms with van der Waals surface area (Å²) in [5.74, 6) is 0. The van der Waals surface area contributed by atoms with Crippen LogP contribution in [0.2, 0.25) is 0 Å². The standard InChI is InChI=1S/C10H17/c1-3-5-7-9-10-8-6-4-2/h7-10H,1,3-6H2,2H3. The number of hydrogen-bond donors (Lipinski definition) is 0. The third-order valence-electron chi connectivity index (χ3n) is 1.21. The smallest absolute Gasteiger partial charge is 0.0348 e. The minimum atomic E-state index is 0.998. The van der Waals surface area contributed by atoms with Crippen LogP contribution in [-0.2, 0) is 0 Å². The quantitative estimate of drug-likeness (QED) is 0.509. The molecule has 0 heteroatoms. The highest BCUT2D eigenvalue weighted by molar-refractivity contribution is 5.02. The number of unbranched alkanes of at least 4 members (excludes halogenated alkanes) is 2. The van der Waals surface area contributed by atoms with Crippen LogP contribution >= 0.6 is 0 Å². The minimum Gasteiger partial charge on any atom is -0.0846 e. The zero-order valence-corrected chi connectivity index (χ0v) is 6.84. The molecule has 10 heavy (non-hydrogen) atoms. The van der Waals surface area contributed by atoms with Gasteiger partial charge < -0.3 is 0 Å². The van der Waals surface area contributed by atoms with Gasteiger partial charge in [-0.25, -0.2) is 0 Å². The van der Waals surface area contributed by atoms with Crippen molar-refractivity contribution in [1.82, 2.24) is 0 Å². The van der Waals surface area contributed by atoms with Gasteiger partial charge in [0.05, 0.1) is 0 Å². The highest BCUT2D eigenvalue weighted by Crippen LogP contribution is 1.91. The first kappa shape index (κ1) is 9.48. The fourth-order valence-corrected chi connectivity index (χ4v) is 0.634. The molecule has 0 atom stereocenters. The summed E-state index contributed by atoms with van der Waals surface area (Å²) >= 11 is 0. The van der Waals surface area contributed by atoms with Gasteiger partial charge in [-0.3, -0.25) is 0 Å². The van der Waals surface area contributed by atoms with Crippen molar-refractivity contribution >= 4 is 0 Å². The molecule has 0 heterocycles. The molecule has 0 amide bonds. The average Bonchev–Trinajstić information content (AvgIpc) is 1.97. The third kappa shape index (κ3) is 7.48. The van der Waals surface area contributed by atoms with Gasteiger partial charge in [0.15, 0.2) is 0 Å². The van der Waals surface area contributed by atoms with Gasteiger partial charge in [0.25, 0.3) is 0 Å². The van der Waals surface area contributed by atoms with Gasteiger partial charge in [-0.05, 0) is 19.3 Å². The number of allylic oxidation sites excluding steroid dienone is 4. The predicted molar refractivity (Wildman–Crippen MR) is 47.8 cm³/mol. The molecule has 0 N–H and O–H groups in total. The van der Waals surface area contributed by atoms with Crippen LogP contribution < -0.4 is 0 Å². The monoisotopic (exact) mass is 137 g/mol. The molecular formula is C10H17. The van der Waals surface area contributed by atoms with Gasteiger partial charge >= 0.3 is 0 Å². The topological polar surface area (TPSA) is 0 Å². The lowest BCUT2D eigenvalue weighted by Crippen LogP contribution is -1.61. The zero-order valence-electron chi connectivity index (χ0n) is 6.84. The first-order chi connectivity index (χ1) is 4.91. The molecule has 0 aliphatic heterocycles. The van der Waals surface area contributed by atoms with E-state index in [1.54, 1.807) is 0 Å². The lowest BCUT2D eigenvalue weighted by Gasteiger charge is -1.81. The SMILES string of the molecule is [CH2]CCC=CC=CCCC. The Morgan fingerprint density at radius 3 is 2.20 bits per heavy atom. The van der Waals surface area contributed by atoms with Crippen LogP contribution in [0, 0.1) is 6.92 Å². The summed E-state index contributed by atoms with van der Waals surface area (Å²) in [4.78, 5) is 0. The van der Waals surface area contributed by atoms with E-state index in [0.717, 1.165) is 12.8 Å². The highest BCUT2D eigenvalue weighted by atomic mass is 13.8. The van der Waals surface area contributed by atoms with Crippen LogP contribution in [0.15, 0.2) is 24.3 Å². The van der Waals surface area contributed by atoms with Gasteiger partial charge in [0.1, 0.15) is 0 Å². The Morgan fingerprint density at radius 1 is 1.10 bits per heavy atom. The normalized spacial score (nSPS) is 11.8. The Kier molecular flexibility index (Phi) is 8.04. The van der Waals surface area contributed by atoms with E-state index in [9.17, 15) is 0 Å². The molecule has 0 aliphatic carbocycles. The Balaban J connectivity index is 3.15. The first-order valence-corrected chi connectivity index (χ1v) is 4.02. The summed E-state index contributed by atoms with van der Waals surface area (Å²) in [6, 6.07) is 0. The molecule has 1 radical (unpaired) electrons. The molecule has 0 aromatic rings. The van der Waals surface area contributed by atoms with E-state index >= 15 is 0 Å². The molecule has 0 fully saturated rings. The molecule has 0 saturated carbocycles. The summed E-state index contributed by atoms with van der Waals surface area (Å²) in [5, 5.41) is 0. The van der Waals surface area contributed by atoms with E-state index in [1.807, 2.05) is 0 Å². The zero-order chi connectivity index (χ0) is 7.66. The van der Waals surface area contributed by atoms with E-state index in [1.165, 1.54) is 12.8 Å². The molecular weight excluding hydrogens is 120 g/mol. The maximum atomic E-state index is 3.74. The largest absolute Gasteiger partial charge is 0.0846 e. The Morgan fingerprint density at radius 2 is 1.70 bits per heavy atom. The van der Waals surface area contributed by atoms with Crippen LogP contribution in [-0.4, -0.2) is 0 Å². The molecule has 0 nitrogen and oxygen atoms in total. The molecule has 0 aromatic heterocycles. The Hall–Kier alpha value is -0.520. The van der Waals surface area contributed by atoms with Crippen LogP contribution in [0.1, 0.15) is 32.6 Å². The first-order valence-electron chi connectivity index (χ1n) is 4.02. The van der Waals surface area contributed by atoms with Crippen molar-refractivity contribution in [3.05, 3.63) is 31.2 Å². The number of hydrogen-bond acceptors (Lipinski definition) is 0. The molecule has 0 aromatic carbocycles. The van der Waals surface area contributed by atoms with Gasteiger partial charge in [0.2, 0.25) is 0 Å². The third-order valence-corrected chi connectivity index (χ3v) is 1.21. The van der Waals surface area contributed by atoms with Crippen LogP contribution in [0.4, 0.5) is 0 Å². The Bertz CT molecular complexity index is 84.6. The van der Waals surface area contributed by atoms with Crippen LogP contribution in [0.3, 0.4) is 0 Å². The lowest BCUT2D eigenvalue weighted by molar-refractivity contribution is 0.958. The van der Waals surface area contributed by atoms with Crippen molar-refractivity contribution in [1.29, 1.82) is 0 Å². The average molecular weight is 137 g/mol. The summed E-state index contributed by atoms with van der Waals surface area (Å²) in [6.07, 6.45) is 13.1. The van der Waals surface area contributed by atoms with E-state index in [2.05, 4.69) is 38.2 Å². The van der Waals surface area contributed by atoms with Gasteiger partial charge in [-0.1, -0.05) is 44.6 Å². The van der Waals surface area contributed by atoms with Gasteiger partial charge in [-0.15, -0.1) is 0 Å². The summed E-state index contributed by atoms with van der Waals surface area (Å²) < 4.78 is 0. The summed E-state index contributed by atoms with van der Waals surface area (Å²) in [6.45, 7) is 5.93. The molecule has 0 saturated heterocycles. The van der Waals surface area contributed by atoms with Crippen molar-refractivity contribution in [3.8, 4) is 0 Å². The second-order valence-corrected chi connectivity index (χ2v) is 2.29. The van der Waals surface area contributed by atoms with E-state index < -0.39 is 0 Å². The van der Waals surface area contributed by atoms with Gasteiger partial charge in [-0.2, -0.15) is 0 Å². The highest BCUT2D eigenvalue weighted by Gasteiger charge is 1.70. The molecule has 0 aliphatic rings. The fraction of sp³-hybridized carbons (Fsp3) is 0.500. The van der Waals surface area contributed by atoms with Crippen molar-refractivity contribution in [2.45, 2.75) is 32.6 Å². The van der Waals surface area contributed by atoms with Crippen molar-refractivity contribution < 1.29 is 0 Å². The minimum absolute atomic E-state index is 0.998. The predicted octanol–water partition coefficient (Wildman–Crippen LogP) is 3.51. The second-order valence-electron chi connectivity index (χ2n) is 2.29. The Labute approximate surface area is 64.6 Å². The molecule has 0 unspecified atom stereocenters. The maximum absolute atomic E-state index is 3.74. The van der Waals surface area contributed by atoms with E-state index in [0.29, 0.717) is 0 Å². The molecule has 57 valence electrons. The van der Waals surface area contributed by atoms with Crippen molar-refractivity contribution in [2.75, 3.05) is 0 Å².